The van der Waals surface area contributed by atoms with Crippen LogP contribution in [0, 0.1) is 5.82 Å². The van der Waals surface area contributed by atoms with E-state index in [-0.39, 0.29) is 16.6 Å². The van der Waals surface area contributed by atoms with Gasteiger partial charge >= 0.3 is 0 Å². The quantitative estimate of drug-likeness (QED) is 0.895. The number of nitrogen functional groups attached to an aromatic ring is 1. The second-order valence-electron chi connectivity index (χ2n) is 3.39. The molecule has 1 aromatic heterocycles. The summed E-state index contributed by atoms with van der Waals surface area (Å²) in [6.07, 6.45) is 1.30. The molecule has 0 bridgehead atoms. The topological polar surface area (TPSA) is 73.1 Å². The molecule has 0 radical (unpaired) electrons. The molecule has 18 heavy (non-hydrogen) atoms. The van der Waals surface area contributed by atoms with Gasteiger partial charge in [-0.2, -0.15) is 4.98 Å². The maximum Gasteiger partial charge on any atom is 0.242 e. The third-order valence-electron chi connectivity index (χ3n) is 2.22. The van der Waals surface area contributed by atoms with Gasteiger partial charge in [-0.3, -0.25) is 0 Å². The lowest BCUT2D eigenvalue weighted by atomic mass is 10.3. The summed E-state index contributed by atoms with van der Waals surface area (Å²) in [5, 5.41) is 3.12. The van der Waals surface area contributed by atoms with E-state index in [0.717, 1.165) is 0 Å². The molecule has 2 rings (SSSR count). The van der Waals surface area contributed by atoms with E-state index in [4.69, 9.17) is 22.1 Å². The summed E-state index contributed by atoms with van der Waals surface area (Å²) < 4.78 is 17.9. The Labute approximate surface area is 108 Å². The molecule has 0 fully saturated rings. The minimum atomic E-state index is -0.418. The highest BCUT2D eigenvalue weighted by atomic mass is 35.5. The highest BCUT2D eigenvalue weighted by Crippen LogP contribution is 2.30. The first kappa shape index (κ1) is 12.4. The van der Waals surface area contributed by atoms with Crippen molar-refractivity contribution in [2.24, 2.45) is 0 Å². The van der Waals surface area contributed by atoms with Crippen LogP contribution in [-0.2, 0) is 0 Å². The van der Waals surface area contributed by atoms with Crippen molar-refractivity contribution in [3.63, 3.8) is 0 Å². The fourth-order valence-electron chi connectivity index (χ4n) is 1.36. The Balaban J connectivity index is 2.34. The van der Waals surface area contributed by atoms with Crippen LogP contribution in [0.25, 0.3) is 0 Å². The average Bonchev–Trinajstić information content (AvgIpc) is 2.35. The zero-order chi connectivity index (χ0) is 13.1. The van der Waals surface area contributed by atoms with Gasteiger partial charge in [-0.05, 0) is 18.2 Å². The maximum absolute atomic E-state index is 12.9. The Kier molecular flexibility index (Phi) is 3.47. The van der Waals surface area contributed by atoms with E-state index in [9.17, 15) is 4.39 Å². The second kappa shape index (κ2) is 5.05. The largest absolute Gasteiger partial charge is 0.479 e. The van der Waals surface area contributed by atoms with Gasteiger partial charge in [0, 0.05) is 0 Å². The number of hydrogen-bond acceptors (Lipinski definition) is 5. The summed E-state index contributed by atoms with van der Waals surface area (Å²) in [4.78, 5) is 7.81. The first-order valence-corrected chi connectivity index (χ1v) is 5.36. The van der Waals surface area contributed by atoms with Gasteiger partial charge in [-0.15, -0.1) is 0 Å². The van der Waals surface area contributed by atoms with Crippen LogP contribution in [0.15, 0.2) is 24.5 Å². The minimum absolute atomic E-state index is 0.229. The number of hydrogen-bond donors (Lipinski definition) is 2. The van der Waals surface area contributed by atoms with Gasteiger partial charge in [0.2, 0.25) is 5.88 Å². The molecule has 0 unspecified atom stereocenters. The van der Waals surface area contributed by atoms with Crippen LogP contribution in [0.5, 0.6) is 5.88 Å². The minimum Gasteiger partial charge on any atom is -0.479 e. The van der Waals surface area contributed by atoms with Gasteiger partial charge in [0.25, 0.3) is 0 Å². The molecule has 3 N–H and O–H groups in total. The summed E-state index contributed by atoms with van der Waals surface area (Å²) in [6, 6.07) is 3.97. The lowest BCUT2D eigenvalue weighted by molar-refractivity contribution is 0.399. The first-order chi connectivity index (χ1) is 8.61. The number of ether oxygens (including phenoxy) is 1. The second-order valence-corrected chi connectivity index (χ2v) is 3.80. The predicted molar refractivity (Wildman–Crippen MR) is 67.7 cm³/mol. The fraction of sp³-hybridized carbons (Fsp3) is 0.0909. The summed E-state index contributed by atoms with van der Waals surface area (Å²) in [5.74, 6) is 0.180. The Morgan fingerprint density at radius 3 is 2.83 bits per heavy atom. The number of anilines is 3. The number of benzene rings is 1. The molecule has 1 aromatic carbocycles. The van der Waals surface area contributed by atoms with Crippen LogP contribution < -0.4 is 15.8 Å². The number of nitrogens with two attached hydrogens (primary N) is 1. The lowest BCUT2D eigenvalue weighted by Crippen LogP contribution is -2.03. The van der Waals surface area contributed by atoms with Crippen molar-refractivity contribution in [1.29, 1.82) is 0 Å². The molecule has 0 spiro atoms. The number of methoxy groups -OCH3 is 1. The smallest absolute Gasteiger partial charge is 0.242 e. The van der Waals surface area contributed by atoms with Crippen LogP contribution in [0.4, 0.5) is 21.6 Å². The molecule has 0 aliphatic carbocycles. The molecule has 0 saturated heterocycles. The predicted octanol–water partition coefficient (Wildman–Crippen LogP) is 2.60. The lowest BCUT2D eigenvalue weighted by Gasteiger charge is -2.11. The van der Waals surface area contributed by atoms with Gasteiger partial charge in [-0.1, -0.05) is 11.6 Å². The normalized spacial score (nSPS) is 10.2. The Hall–Kier alpha value is -2.08. The van der Waals surface area contributed by atoms with Gasteiger partial charge in [0.15, 0.2) is 5.82 Å². The standard InChI is InChI=1S/C11H10ClFN4O/c1-18-11-9(14)10(15-5-16-11)17-8-3-2-6(13)4-7(8)12/h2-5H,14H2,1H3,(H,15,16,17). The van der Waals surface area contributed by atoms with Crippen LogP contribution in [0.1, 0.15) is 0 Å². The first-order valence-electron chi connectivity index (χ1n) is 4.98. The van der Waals surface area contributed by atoms with Crippen molar-refractivity contribution in [2.75, 3.05) is 18.2 Å². The van der Waals surface area contributed by atoms with E-state index < -0.39 is 5.82 Å². The molecule has 1 heterocycles. The third-order valence-corrected chi connectivity index (χ3v) is 2.54. The van der Waals surface area contributed by atoms with Crippen LogP contribution in [0.3, 0.4) is 0 Å². The van der Waals surface area contributed by atoms with Crippen molar-refractivity contribution in [3.8, 4) is 5.88 Å². The SMILES string of the molecule is COc1ncnc(Nc2ccc(F)cc2Cl)c1N. The molecular weight excluding hydrogens is 259 g/mol. The molecule has 0 saturated carbocycles. The zero-order valence-electron chi connectivity index (χ0n) is 9.45. The Morgan fingerprint density at radius 2 is 2.17 bits per heavy atom. The van der Waals surface area contributed by atoms with Crippen LogP contribution in [0.2, 0.25) is 5.02 Å². The van der Waals surface area contributed by atoms with E-state index in [2.05, 4.69) is 15.3 Å². The molecule has 0 amide bonds. The monoisotopic (exact) mass is 268 g/mol. The fourth-order valence-corrected chi connectivity index (χ4v) is 1.57. The zero-order valence-corrected chi connectivity index (χ0v) is 10.2. The molecular formula is C11H10ClFN4O. The van der Waals surface area contributed by atoms with E-state index in [0.29, 0.717) is 11.5 Å². The summed E-state index contributed by atoms with van der Waals surface area (Å²) in [7, 11) is 1.45. The van der Waals surface area contributed by atoms with Crippen LogP contribution >= 0.6 is 11.6 Å². The van der Waals surface area contributed by atoms with Gasteiger partial charge in [0.1, 0.15) is 17.8 Å². The molecule has 0 aliphatic heterocycles. The van der Waals surface area contributed by atoms with Crippen molar-refractivity contribution >= 4 is 28.8 Å². The third kappa shape index (κ3) is 2.43. The molecule has 0 aliphatic rings. The molecule has 2 aromatic rings. The Bertz CT molecular complexity index is 579. The average molecular weight is 269 g/mol. The molecule has 94 valence electrons. The number of rotatable bonds is 3. The van der Waals surface area contributed by atoms with Gasteiger partial charge in [0.05, 0.1) is 17.8 Å². The summed E-state index contributed by atoms with van der Waals surface area (Å²) in [6.45, 7) is 0. The van der Waals surface area contributed by atoms with Crippen molar-refractivity contribution < 1.29 is 9.13 Å². The summed E-state index contributed by atoms with van der Waals surface area (Å²) >= 11 is 5.89. The molecule has 5 nitrogen and oxygen atoms in total. The highest BCUT2D eigenvalue weighted by Gasteiger charge is 2.10. The van der Waals surface area contributed by atoms with E-state index >= 15 is 0 Å². The van der Waals surface area contributed by atoms with Crippen molar-refractivity contribution in [3.05, 3.63) is 35.4 Å². The molecule has 7 heteroatoms. The highest BCUT2D eigenvalue weighted by molar-refractivity contribution is 6.33. The number of nitrogens with one attached hydrogen (secondary N) is 1. The number of halogens is 2. The van der Waals surface area contributed by atoms with E-state index in [1.54, 1.807) is 0 Å². The van der Waals surface area contributed by atoms with Gasteiger partial charge in [-0.25, -0.2) is 9.37 Å². The number of nitrogens with zero attached hydrogens (tertiary/aromatic N) is 2. The van der Waals surface area contributed by atoms with E-state index in [1.807, 2.05) is 0 Å². The van der Waals surface area contributed by atoms with Crippen molar-refractivity contribution in [2.45, 2.75) is 0 Å². The van der Waals surface area contributed by atoms with Crippen LogP contribution in [-0.4, -0.2) is 17.1 Å². The summed E-state index contributed by atoms with van der Waals surface area (Å²) in [5.41, 5.74) is 6.53. The van der Waals surface area contributed by atoms with E-state index in [1.165, 1.54) is 31.6 Å². The maximum atomic E-state index is 12.9. The van der Waals surface area contributed by atoms with Crippen molar-refractivity contribution in [1.82, 2.24) is 9.97 Å². The Morgan fingerprint density at radius 1 is 1.39 bits per heavy atom. The number of aromatic nitrogens is 2. The molecule has 0 atom stereocenters. The van der Waals surface area contributed by atoms with Gasteiger partial charge < -0.3 is 15.8 Å².